The molecule has 7 nitrogen and oxygen atoms in total. The number of methoxy groups -OCH3 is 3. The van der Waals surface area contributed by atoms with Gasteiger partial charge in [-0.3, -0.25) is 4.99 Å². The number of benzene rings is 2. The molecule has 0 amide bonds. The third-order valence-electron chi connectivity index (χ3n) is 5.13. The highest BCUT2D eigenvalue weighted by atomic mass is 16.5. The number of anilines is 1. The van der Waals surface area contributed by atoms with E-state index in [1.54, 1.807) is 21.3 Å². The van der Waals surface area contributed by atoms with Crippen molar-refractivity contribution in [3.8, 4) is 17.2 Å². The third-order valence-corrected chi connectivity index (χ3v) is 5.13. The zero-order chi connectivity index (χ0) is 20.6. The summed E-state index contributed by atoms with van der Waals surface area (Å²) in [6.07, 6.45) is 0. The molecule has 1 saturated heterocycles. The maximum atomic E-state index is 5.39. The van der Waals surface area contributed by atoms with Gasteiger partial charge in [-0.05, 0) is 42.0 Å². The number of ether oxygens (including phenoxy) is 3. The fraction of sp³-hybridized carbons (Fsp3) is 0.409. The highest BCUT2D eigenvalue weighted by molar-refractivity contribution is 5.80. The van der Waals surface area contributed by atoms with Gasteiger partial charge >= 0.3 is 0 Å². The van der Waals surface area contributed by atoms with Crippen LogP contribution in [0.4, 0.5) is 5.69 Å². The molecule has 7 heteroatoms. The van der Waals surface area contributed by atoms with Crippen LogP contribution in [0, 0.1) is 0 Å². The summed E-state index contributed by atoms with van der Waals surface area (Å²) >= 11 is 0. The molecule has 1 N–H and O–H groups in total. The van der Waals surface area contributed by atoms with Crippen LogP contribution < -0.4 is 24.4 Å². The first-order valence-electron chi connectivity index (χ1n) is 9.74. The van der Waals surface area contributed by atoms with E-state index in [0.29, 0.717) is 6.54 Å². The largest absolute Gasteiger partial charge is 0.497 e. The van der Waals surface area contributed by atoms with E-state index in [0.717, 1.165) is 55.0 Å². The summed E-state index contributed by atoms with van der Waals surface area (Å²) in [6, 6.07) is 14.2. The van der Waals surface area contributed by atoms with Gasteiger partial charge in [0.25, 0.3) is 0 Å². The quantitative estimate of drug-likeness (QED) is 0.596. The van der Waals surface area contributed by atoms with Crippen LogP contribution >= 0.6 is 0 Å². The Morgan fingerprint density at radius 1 is 0.897 bits per heavy atom. The Hall–Kier alpha value is -3.09. The molecule has 0 bridgehead atoms. The lowest BCUT2D eigenvalue weighted by atomic mass is 10.2. The van der Waals surface area contributed by atoms with Crippen molar-refractivity contribution in [2.75, 3.05) is 59.5 Å². The first kappa shape index (κ1) is 20.6. The van der Waals surface area contributed by atoms with Crippen LogP contribution in [0.3, 0.4) is 0 Å². The first-order chi connectivity index (χ1) is 14.2. The normalized spacial score (nSPS) is 14.6. The Morgan fingerprint density at radius 3 is 2.17 bits per heavy atom. The number of hydrogen-bond acceptors (Lipinski definition) is 5. The first-order valence-corrected chi connectivity index (χ1v) is 9.74. The molecule has 1 heterocycles. The number of guanidine groups is 1. The van der Waals surface area contributed by atoms with E-state index in [-0.39, 0.29) is 0 Å². The zero-order valence-corrected chi connectivity index (χ0v) is 17.6. The lowest BCUT2D eigenvalue weighted by molar-refractivity contribution is 0.354. The summed E-state index contributed by atoms with van der Waals surface area (Å²) in [5.41, 5.74) is 2.33. The zero-order valence-electron chi connectivity index (χ0n) is 17.6. The Bertz CT molecular complexity index is 815. The molecule has 29 heavy (non-hydrogen) atoms. The fourth-order valence-electron chi connectivity index (χ4n) is 3.47. The minimum atomic E-state index is 0.672. The van der Waals surface area contributed by atoms with E-state index in [1.807, 2.05) is 37.4 Å². The van der Waals surface area contributed by atoms with E-state index in [9.17, 15) is 0 Å². The van der Waals surface area contributed by atoms with Crippen molar-refractivity contribution in [3.05, 3.63) is 48.0 Å². The molecule has 0 atom stereocenters. The Labute approximate surface area is 172 Å². The second kappa shape index (κ2) is 9.91. The molecule has 2 aromatic rings. The molecule has 156 valence electrons. The average molecular weight is 399 g/mol. The molecule has 0 aliphatic carbocycles. The highest BCUT2D eigenvalue weighted by Crippen LogP contribution is 2.27. The van der Waals surface area contributed by atoms with Crippen molar-refractivity contribution >= 4 is 11.6 Å². The van der Waals surface area contributed by atoms with Gasteiger partial charge in [0.2, 0.25) is 0 Å². The molecular weight excluding hydrogens is 368 g/mol. The van der Waals surface area contributed by atoms with E-state index < -0.39 is 0 Å². The third kappa shape index (κ3) is 5.04. The molecular formula is C22H30N4O3. The topological polar surface area (TPSA) is 58.6 Å². The van der Waals surface area contributed by atoms with E-state index in [4.69, 9.17) is 14.2 Å². The summed E-state index contributed by atoms with van der Waals surface area (Å²) in [5.74, 6) is 3.26. The molecule has 3 rings (SSSR count). The van der Waals surface area contributed by atoms with Gasteiger partial charge in [-0.25, -0.2) is 0 Å². The second-order valence-electron chi connectivity index (χ2n) is 6.76. The van der Waals surface area contributed by atoms with Crippen molar-refractivity contribution in [2.24, 2.45) is 4.99 Å². The SMILES string of the molecule is CN=C(NCc1ccc(OC)c(OC)c1)N1CCN(c2ccc(OC)cc2)CC1. The minimum Gasteiger partial charge on any atom is -0.497 e. The minimum absolute atomic E-state index is 0.672. The summed E-state index contributed by atoms with van der Waals surface area (Å²) in [6.45, 7) is 4.40. The molecule has 1 fully saturated rings. The highest BCUT2D eigenvalue weighted by Gasteiger charge is 2.20. The molecule has 2 aromatic carbocycles. The molecule has 0 saturated carbocycles. The maximum Gasteiger partial charge on any atom is 0.194 e. The van der Waals surface area contributed by atoms with Crippen molar-refractivity contribution in [3.63, 3.8) is 0 Å². The van der Waals surface area contributed by atoms with Crippen LogP contribution in [-0.4, -0.2) is 65.4 Å². The van der Waals surface area contributed by atoms with E-state index in [1.165, 1.54) is 5.69 Å². The molecule has 0 radical (unpaired) electrons. The number of nitrogens with zero attached hydrogens (tertiary/aromatic N) is 3. The monoisotopic (exact) mass is 398 g/mol. The Balaban J connectivity index is 1.55. The molecule has 0 spiro atoms. The van der Waals surface area contributed by atoms with Gasteiger partial charge in [-0.1, -0.05) is 6.07 Å². The van der Waals surface area contributed by atoms with E-state index in [2.05, 4.69) is 32.2 Å². The molecule has 0 aromatic heterocycles. The van der Waals surface area contributed by atoms with Crippen LogP contribution in [0.25, 0.3) is 0 Å². The lowest BCUT2D eigenvalue weighted by Gasteiger charge is -2.37. The lowest BCUT2D eigenvalue weighted by Crippen LogP contribution is -2.52. The average Bonchev–Trinajstić information content (AvgIpc) is 2.79. The summed E-state index contributed by atoms with van der Waals surface area (Å²) in [4.78, 5) is 9.14. The molecule has 0 unspecified atom stereocenters. The van der Waals surface area contributed by atoms with Crippen molar-refractivity contribution < 1.29 is 14.2 Å². The number of nitrogens with one attached hydrogen (secondary N) is 1. The molecule has 1 aliphatic rings. The van der Waals surface area contributed by atoms with Crippen LogP contribution in [0.1, 0.15) is 5.56 Å². The van der Waals surface area contributed by atoms with Gasteiger partial charge in [0.15, 0.2) is 17.5 Å². The summed E-state index contributed by atoms with van der Waals surface area (Å²) in [5, 5.41) is 3.46. The summed E-state index contributed by atoms with van der Waals surface area (Å²) in [7, 11) is 6.81. The second-order valence-corrected chi connectivity index (χ2v) is 6.76. The van der Waals surface area contributed by atoms with Crippen molar-refractivity contribution in [2.45, 2.75) is 6.54 Å². The predicted molar refractivity (Wildman–Crippen MR) is 117 cm³/mol. The van der Waals surface area contributed by atoms with Crippen LogP contribution in [-0.2, 0) is 6.54 Å². The van der Waals surface area contributed by atoms with Crippen molar-refractivity contribution in [1.82, 2.24) is 10.2 Å². The fourth-order valence-corrected chi connectivity index (χ4v) is 3.47. The maximum absolute atomic E-state index is 5.39. The summed E-state index contributed by atoms with van der Waals surface area (Å²) < 4.78 is 15.9. The Morgan fingerprint density at radius 2 is 1.59 bits per heavy atom. The van der Waals surface area contributed by atoms with Gasteiger partial charge in [-0.15, -0.1) is 0 Å². The van der Waals surface area contributed by atoms with Gasteiger partial charge in [-0.2, -0.15) is 0 Å². The van der Waals surface area contributed by atoms with Gasteiger partial charge in [0.05, 0.1) is 21.3 Å². The van der Waals surface area contributed by atoms with Crippen LogP contribution in [0.2, 0.25) is 0 Å². The number of aliphatic imine (C=N–C) groups is 1. The predicted octanol–water partition coefficient (Wildman–Crippen LogP) is 2.61. The van der Waals surface area contributed by atoms with Crippen LogP contribution in [0.15, 0.2) is 47.5 Å². The number of hydrogen-bond donors (Lipinski definition) is 1. The number of piperazine rings is 1. The van der Waals surface area contributed by atoms with Gasteiger partial charge < -0.3 is 29.3 Å². The van der Waals surface area contributed by atoms with E-state index >= 15 is 0 Å². The standard InChI is InChI=1S/C22H30N4O3/c1-23-22(24-16-17-5-10-20(28-3)21(15-17)29-4)26-13-11-25(12-14-26)18-6-8-19(27-2)9-7-18/h5-10,15H,11-14,16H2,1-4H3,(H,23,24). The Kier molecular flexibility index (Phi) is 7.05. The van der Waals surface area contributed by atoms with Crippen molar-refractivity contribution in [1.29, 1.82) is 0 Å². The van der Waals surface area contributed by atoms with Gasteiger partial charge in [0.1, 0.15) is 5.75 Å². The van der Waals surface area contributed by atoms with Gasteiger partial charge in [0, 0.05) is 45.5 Å². The molecule has 1 aliphatic heterocycles. The smallest absolute Gasteiger partial charge is 0.194 e. The number of rotatable bonds is 6. The van der Waals surface area contributed by atoms with Crippen LogP contribution in [0.5, 0.6) is 17.2 Å².